The van der Waals surface area contributed by atoms with Gasteiger partial charge in [-0.15, -0.1) is 11.3 Å². The minimum atomic E-state index is 0.565. The maximum absolute atomic E-state index is 6.03. The predicted octanol–water partition coefficient (Wildman–Crippen LogP) is 2.57. The lowest BCUT2D eigenvalue weighted by atomic mass is 10.0. The summed E-state index contributed by atoms with van der Waals surface area (Å²) in [7, 11) is 6.03. The monoisotopic (exact) mass is 331 g/mol. The number of thiophene rings is 1. The number of anilines is 1. The van der Waals surface area contributed by atoms with E-state index in [1.807, 2.05) is 24.4 Å². The second kappa shape index (κ2) is 6.09. The second-order valence-electron chi connectivity index (χ2n) is 5.51. The molecule has 0 bridgehead atoms. The van der Waals surface area contributed by atoms with Crippen molar-refractivity contribution >= 4 is 36.1 Å². The molecule has 7 heteroatoms. The van der Waals surface area contributed by atoms with Gasteiger partial charge < -0.3 is 5.32 Å². The Morgan fingerprint density at radius 2 is 2.21 bits per heavy atom. The van der Waals surface area contributed by atoms with Crippen LogP contribution in [-0.4, -0.2) is 27.4 Å². The van der Waals surface area contributed by atoms with E-state index in [9.17, 15) is 0 Å². The first-order valence-corrected chi connectivity index (χ1v) is 8.42. The summed E-state index contributed by atoms with van der Waals surface area (Å²) in [5, 5.41) is 9.81. The van der Waals surface area contributed by atoms with Crippen LogP contribution in [0.15, 0.2) is 48.2 Å². The van der Waals surface area contributed by atoms with Crippen LogP contribution in [0.25, 0.3) is 16.2 Å². The molecule has 0 atom stereocenters. The quantitative estimate of drug-likeness (QED) is 0.584. The highest BCUT2D eigenvalue weighted by atomic mass is 32.1. The Hall–Kier alpha value is -2.67. The third-order valence-electron chi connectivity index (χ3n) is 3.79. The first-order chi connectivity index (χ1) is 11.7. The Labute approximate surface area is 144 Å². The summed E-state index contributed by atoms with van der Waals surface area (Å²) in [6, 6.07) is 8.05. The van der Waals surface area contributed by atoms with Gasteiger partial charge in [0.1, 0.15) is 13.7 Å². The Kier molecular flexibility index (Phi) is 3.78. The molecule has 1 N–H and O–H groups in total. The van der Waals surface area contributed by atoms with Gasteiger partial charge >= 0.3 is 0 Å². The number of hydrogen-bond donors (Lipinski definition) is 1. The van der Waals surface area contributed by atoms with E-state index in [0.29, 0.717) is 17.7 Å². The molecule has 4 aromatic rings. The van der Waals surface area contributed by atoms with E-state index in [-0.39, 0.29) is 0 Å². The number of pyridine rings is 1. The molecule has 0 fully saturated rings. The summed E-state index contributed by atoms with van der Waals surface area (Å²) in [4.78, 5) is 9.97. The molecule has 5 nitrogen and oxygen atoms in total. The van der Waals surface area contributed by atoms with Crippen molar-refractivity contribution in [3.05, 3.63) is 59.4 Å². The fourth-order valence-corrected chi connectivity index (χ4v) is 3.44. The fraction of sp³-hybridized carbons (Fsp3) is 0.118. The van der Waals surface area contributed by atoms with Gasteiger partial charge in [-0.1, -0.05) is 6.07 Å². The molecule has 0 aliphatic carbocycles. The van der Waals surface area contributed by atoms with E-state index in [0.717, 1.165) is 22.0 Å². The van der Waals surface area contributed by atoms with Crippen LogP contribution < -0.4 is 10.8 Å². The van der Waals surface area contributed by atoms with Gasteiger partial charge in [-0.05, 0) is 41.0 Å². The molecular formula is C17H14BN5S. The topological polar surface area (TPSA) is 55.1 Å². The van der Waals surface area contributed by atoms with Crippen LogP contribution in [0, 0.1) is 6.92 Å². The van der Waals surface area contributed by atoms with Crippen molar-refractivity contribution in [3.63, 3.8) is 0 Å². The van der Waals surface area contributed by atoms with Crippen LogP contribution in [-0.2, 0) is 6.54 Å². The highest BCUT2D eigenvalue weighted by Gasteiger charge is 2.12. The first kappa shape index (κ1) is 14.9. The third kappa shape index (κ3) is 2.67. The SMILES string of the molecule is [B]c1cnn2c(NCc3cccnc3)cc(-c3sccc3C)nc12. The summed E-state index contributed by atoms with van der Waals surface area (Å²) in [5.41, 5.74) is 4.42. The lowest BCUT2D eigenvalue weighted by molar-refractivity contribution is 0.925. The molecule has 0 aliphatic rings. The lowest BCUT2D eigenvalue weighted by Crippen LogP contribution is -2.09. The van der Waals surface area contributed by atoms with Crippen molar-refractivity contribution in [1.29, 1.82) is 0 Å². The van der Waals surface area contributed by atoms with Crippen LogP contribution in [0.2, 0.25) is 0 Å². The van der Waals surface area contributed by atoms with Crippen molar-refractivity contribution in [2.45, 2.75) is 13.5 Å². The molecule has 0 saturated carbocycles. The molecule has 0 saturated heterocycles. The molecule has 24 heavy (non-hydrogen) atoms. The number of aryl methyl sites for hydroxylation is 1. The van der Waals surface area contributed by atoms with Crippen molar-refractivity contribution in [3.8, 4) is 10.6 Å². The van der Waals surface area contributed by atoms with Gasteiger partial charge in [-0.3, -0.25) is 4.98 Å². The van der Waals surface area contributed by atoms with Gasteiger partial charge in [-0.25, -0.2) is 4.98 Å². The average Bonchev–Trinajstić information content (AvgIpc) is 3.20. The Balaban J connectivity index is 1.77. The highest BCUT2D eigenvalue weighted by Crippen LogP contribution is 2.29. The summed E-state index contributed by atoms with van der Waals surface area (Å²) >= 11 is 1.67. The fourth-order valence-electron chi connectivity index (χ4n) is 2.55. The molecule has 4 aromatic heterocycles. The lowest BCUT2D eigenvalue weighted by Gasteiger charge is -2.11. The van der Waals surface area contributed by atoms with Crippen LogP contribution in [0.3, 0.4) is 0 Å². The Bertz CT molecular complexity index is 993. The van der Waals surface area contributed by atoms with E-state index in [1.54, 1.807) is 28.2 Å². The van der Waals surface area contributed by atoms with Crippen molar-refractivity contribution < 1.29 is 0 Å². The number of nitrogens with one attached hydrogen (secondary N) is 1. The maximum atomic E-state index is 6.03. The minimum Gasteiger partial charge on any atom is -0.366 e. The standard InChI is InChI=1S/C17H14BN5S/c1-11-4-6-24-16(11)14-7-15(20-9-12-3-2-5-19-8-12)23-17(22-14)13(18)10-21-23/h2-8,10,20H,9H2,1H3. The Morgan fingerprint density at radius 1 is 1.29 bits per heavy atom. The van der Waals surface area contributed by atoms with E-state index in [1.165, 1.54) is 5.56 Å². The van der Waals surface area contributed by atoms with Gasteiger partial charge in [0, 0.05) is 31.2 Å². The van der Waals surface area contributed by atoms with Crippen LogP contribution in [0.5, 0.6) is 0 Å². The number of hydrogen-bond acceptors (Lipinski definition) is 5. The van der Waals surface area contributed by atoms with Gasteiger partial charge in [-0.2, -0.15) is 9.61 Å². The molecule has 4 heterocycles. The number of nitrogens with zero attached hydrogens (tertiary/aromatic N) is 4. The molecule has 2 radical (unpaired) electrons. The summed E-state index contributed by atoms with van der Waals surface area (Å²) in [5.74, 6) is 0.850. The zero-order valence-corrected chi connectivity index (χ0v) is 13.9. The van der Waals surface area contributed by atoms with E-state index < -0.39 is 0 Å². The van der Waals surface area contributed by atoms with Crippen molar-refractivity contribution in [2.24, 2.45) is 0 Å². The molecule has 4 rings (SSSR count). The first-order valence-electron chi connectivity index (χ1n) is 7.54. The number of rotatable bonds is 4. The van der Waals surface area contributed by atoms with Gasteiger partial charge in [0.15, 0.2) is 5.65 Å². The molecular weight excluding hydrogens is 317 g/mol. The summed E-state index contributed by atoms with van der Waals surface area (Å²) in [6.07, 6.45) is 5.23. The van der Waals surface area contributed by atoms with Crippen LogP contribution in [0.4, 0.5) is 5.82 Å². The Morgan fingerprint density at radius 3 is 2.96 bits per heavy atom. The minimum absolute atomic E-state index is 0.565. The van der Waals surface area contributed by atoms with Gasteiger partial charge in [0.2, 0.25) is 0 Å². The normalized spacial score (nSPS) is 11.0. The van der Waals surface area contributed by atoms with Gasteiger partial charge in [0.25, 0.3) is 0 Å². The van der Waals surface area contributed by atoms with Crippen LogP contribution >= 0.6 is 11.3 Å². The summed E-state index contributed by atoms with van der Waals surface area (Å²) < 4.78 is 1.73. The van der Waals surface area contributed by atoms with Gasteiger partial charge in [0.05, 0.1) is 10.6 Å². The molecule has 0 aliphatic heterocycles. The third-order valence-corrected chi connectivity index (χ3v) is 4.83. The van der Waals surface area contributed by atoms with Crippen molar-refractivity contribution in [2.75, 3.05) is 5.32 Å². The molecule has 0 spiro atoms. The van der Waals surface area contributed by atoms with E-state index in [4.69, 9.17) is 7.85 Å². The number of aromatic nitrogens is 4. The zero-order valence-electron chi connectivity index (χ0n) is 13.1. The molecule has 0 aromatic carbocycles. The second-order valence-corrected chi connectivity index (χ2v) is 6.43. The highest BCUT2D eigenvalue weighted by molar-refractivity contribution is 7.13. The number of fused-ring (bicyclic) bond motifs is 1. The van der Waals surface area contributed by atoms with E-state index >= 15 is 0 Å². The molecule has 0 amide bonds. The molecule has 0 unspecified atom stereocenters. The predicted molar refractivity (Wildman–Crippen MR) is 98.0 cm³/mol. The maximum Gasteiger partial charge on any atom is 0.150 e. The zero-order chi connectivity index (χ0) is 16.5. The summed E-state index contributed by atoms with van der Waals surface area (Å²) in [6.45, 7) is 2.73. The average molecular weight is 331 g/mol. The smallest absolute Gasteiger partial charge is 0.150 e. The largest absolute Gasteiger partial charge is 0.366 e. The van der Waals surface area contributed by atoms with Crippen LogP contribution in [0.1, 0.15) is 11.1 Å². The van der Waals surface area contributed by atoms with Crippen molar-refractivity contribution in [1.82, 2.24) is 19.6 Å². The molecule has 116 valence electrons. The van der Waals surface area contributed by atoms with E-state index in [2.05, 4.69) is 38.8 Å².